The van der Waals surface area contributed by atoms with E-state index in [0.717, 1.165) is 24.8 Å². The van der Waals surface area contributed by atoms with Gasteiger partial charge in [-0.1, -0.05) is 0 Å². The Labute approximate surface area is 102 Å². The van der Waals surface area contributed by atoms with Gasteiger partial charge in [-0.25, -0.2) is 4.98 Å². The van der Waals surface area contributed by atoms with Crippen molar-refractivity contribution in [3.63, 3.8) is 0 Å². The molecule has 90 valence electrons. The van der Waals surface area contributed by atoms with Gasteiger partial charge in [-0.05, 0) is 31.8 Å². The van der Waals surface area contributed by atoms with Crippen molar-refractivity contribution in [3.05, 3.63) is 18.2 Å². The van der Waals surface area contributed by atoms with Gasteiger partial charge < -0.3 is 9.47 Å². The van der Waals surface area contributed by atoms with Crippen LogP contribution >= 0.6 is 11.6 Å². The summed E-state index contributed by atoms with van der Waals surface area (Å²) in [4.78, 5) is 6.87. The smallest absolute Gasteiger partial charge is 0.109 e. The van der Waals surface area contributed by atoms with Crippen molar-refractivity contribution in [1.29, 1.82) is 0 Å². The minimum Gasteiger partial charge on any atom is -0.338 e. The van der Waals surface area contributed by atoms with Crippen LogP contribution in [0.1, 0.15) is 18.7 Å². The fourth-order valence-corrected chi connectivity index (χ4v) is 2.57. The van der Waals surface area contributed by atoms with E-state index in [2.05, 4.69) is 21.5 Å². The summed E-state index contributed by atoms with van der Waals surface area (Å²) in [6, 6.07) is 0. The minimum atomic E-state index is 0.742. The molecule has 1 aromatic rings. The molecule has 1 aromatic heterocycles. The van der Waals surface area contributed by atoms with Gasteiger partial charge >= 0.3 is 0 Å². The molecule has 2 heterocycles. The second kappa shape index (κ2) is 5.69. The Morgan fingerprint density at radius 1 is 1.44 bits per heavy atom. The summed E-state index contributed by atoms with van der Waals surface area (Å²) in [5.74, 6) is 2.75. The SMILES string of the molecule is Cn1ccnc1CCN1CCC(CCl)CC1. The lowest BCUT2D eigenvalue weighted by molar-refractivity contribution is 0.194. The molecule has 0 atom stereocenters. The normalized spacial score (nSPS) is 19.1. The third-order valence-electron chi connectivity index (χ3n) is 3.50. The number of imidazole rings is 1. The standard InChI is InChI=1S/C12H20ClN3/c1-15-9-5-14-12(15)4-8-16-6-2-11(10-13)3-7-16/h5,9,11H,2-4,6-8,10H2,1H3. The summed E-state index contributed by atoms with van der Waals surface area (Å²) in [7, 11) is 2.06. The van der Waals surface area contributed by atoms with Crippen molar-refractivity contribution in [2.75, 3.05) is 25.5 Å². The number of rotatable bonds is 4. The van der Waals surface area contributed by atoms with E-state index in [9.17, 15) is 0 Å². The van der Waals surface area contributed by atoms with Crippen LogP contribution in [0.2, 0.25) is 0 Å². The van der Waals surface area contributed by atoms with Crippen LogP contribution in [-0.4, -0.2) is 40.0 Å². The highest BCUT2D eigenvalue weighted by atomic mass is 35.5. The third-order valence-corrected chi connectivity index (χ3v) is 3.93. The van der Waals surface area contributed by atoms with Crippen molar-refractivity contribution in [1.82, 2.24) is 14.5 Å². The number of hydrogen-bond acceptors (Lipinski definition) is 2. The van der Waals surface area contributed by atoms with Gasteiger partial charge in [-0.15, -0.1) is 11.6 Å². The number of halogens is 1. The number of alkyl halides is 1. The molecule has 1 fully saturated rings. The molecular formula is C12H20ClN3. The van der Waals surface area contributed by atoms with E-state index in [-0.39, 0.29) is 0 Å². The molecule has 0 aromatic carbocycles. The van der Waals surface area contributed by atoms with Crippen LogP contribution in [0.5, 0.6) is 0 Å². The quantitative estimate of drug-likeness (QED) is 0.751. The van der Waals surface area contributed by atoms with Gasteiger partial charge in [0.05, 0.1) is 0 Å². The van der Waals surface area contributed by atoms with Gasteiger partial charge in [0.15, 0.2) is 0 Å². The molecule has 0 spiro atoms. The van der Waals surface area contributed by atoms with Crippen LogP contribution in [-0.2, 0) is 13.5 Å². The van der Waals surface area contributed by atoms with Crippen LogP contribution in [0.15, 0.2) is 12.4 Å². The summed E-state index contributed by atoms with van der Waals surface area (Å²) >= 11 is 5.88. The Bertz CT molecular complexity index is 316. The Morgan fingerprint density at radius 3 is 2.75 bits per heavy atom. The lowest BCUT2D eigenvalue weighted by Crippen LogP contribution is -2.35. The van der Waals surface area contributed by atoms with Gasteiger partial charge in [0, 0.05) is 38.3 Å². The molecule has 2 rings (SSSR count). The highest BCUT2D eigenvalue weighted by Crippen LogP contribution is 2.18. The molecule has 0 bridgehead atoms. The summed E-state index contributed by atoms with van der Waals surface area (Å²) in [6.07, 6.45) is 7.44. The maximum atomic E-state index is 5.88. The minimum absolute atomic E-state index is 0.742. The summed E-state index contributed by atoms with van der Waals surface area (Å²) < 4.78 is 2.10. The van der Waals surface area contributed by atoms with Gasteiger partial charge in [0.1, 0.15) is 5.82 Å². The van der Waals surface area contributed by atoms with Crippen molar-refractivity contribution in [2.45, 2.75) is 19.3 Å². The first-order valence-corrected chi connectivity index (χ1v) is 6.57. The van der Waals surface area contributed by atoms with E-state index in [4.69, 9.17) is 11.6 Å². The predicted molar refractivity (Wildman–Crippen MR) is 66.8 cm³/mol. The van der Waals surface area contributed by atoms with Crippen molar-refractivity contribution < 1.29 is 0 Å². The monoisotopic (exact) mass is 241 g/mol. The molecule has 1 aliphatic rings. The maximum Gasteiger partial charge on any atom is 0.109 e. The second-order valence-corrected chi connectivity index (χ2v) is 4.95. The Hall–Kier alpha value is -0.540. The van der Waals surface area contributed by atoms with Gasteiger partial charge in [0.2, 0.25) is 0 Å². The zero-order chi connectivity index (χ0) is 11.4. The number of aromatic nitrogens is 2. The number of nitrogens with zero attached hydrogens (tertiary/aromatic N) is 3. The Balaban J connectivity index is 1.73. The Kier molecular flexibility index (Phi) is 4.24. The van der Waals surface area contributed by atoms with Crippen LogP contribution in [0.3, 0.4) is 0 Å². The highest BCUT2D eigenvalue weighted by molar-refractivity contribution is 6.18. The lowest BCUT2D eigenvalue weighted by atomic mass is 9.99. The van der Waals surface area contributed by atoms with Crippen LogP contribution in [0.4, 0.5) is 0 Å². The number of aryl methyl sites for hydroxylation is 1. The number of likely N-dealkylation sites (tertiary alicyclic amines) is 1. The lowest BCUT2D eigenvalue weighted by Gasteiger charge is -2.30. The van der Waals surface area contributed by atoms with E-state index in [1.165, 1.54) is 31.8 Å². The maximum absolute atomic E-state index is 5.88. The van der Waals surface area contributed by atoms with Gasteiger partial charge in [-0.3, -0.25) is 0 Å². The zero-order valence-electron chi connectivity index (χ0n) is 9.90. The van der Waals surface area contributed by atoms with Crippen molar-refractivity contribution >= 4 is 11.6 Å². The molecule has 4 heteroatoms. The molecule has 0 N–H and O–H groups in total. The first-order valence-electron chi connectivity index (χ1n) is 6.04. The van der Waals surface area contributed by atoms with E-state index in [0.29, 0.717) is 0 Å². The van der Waals surface area contributed by atoms with Crippen LogP contribution in [0.25, 0.3) is 0 Å². The van der Waals surface area contributed by atoms with Crippen LogP contribution < -0.4 is 0 Å². The van der Waals surface area contributed by atoms with Gasteiger partial charge in [0.25, 0.3) is 0 Å². The Morgan fingerprint density at radius 2 is 2.19 bits per heavy atom. The van der Waals surface area contributed by atoms with E-state index in [1.54, 1.807) is 0 Å². The first kappa shape index (κ1) is 11.9. The molecule has 3 nitrogen and oxygen atoms in total. The van der Waals surface area contributed by atoms with E-state index < -0.39 is 0 Å². The number of hydrogen-bond donors (Lipinski definition) is 0. The molecule has 0 amide bonds. The highest BCUT2D eigenvalue weighted by Gasteiger charge is 2.18. The average molecular weight is 242 g/mol. The molecule has 1 saturated heterocycles. The fourth-order valence-electron chi connectivity index (χ4n) is 2.26. The number of piperidine rings is 1. The van der Waals surface area contributed by atoms with Crippen molar-refractivity contribution in [3.8, 4) is 0 Å². The molecule has 0 radical (unpaired) electrons. The molecule has 0 aliphatic carbocycles. The fraction of sp³-hybridized carbons (Fsp3) is 0.750. The van der Waals surface area contributed by atoms with Crippen LogP contribution in [0, 0.1) is 5.92 Å². The van der Waals surface area contributed by atoms with Crippen molar-refractivity contribution in [2.24, 2.45) is 13.0 Å². The summed E-state index contributed by atoms with van der Waals surface area (Å²) in [5.41, 5.74) is 0. The van der Waals surface area contributed by atoms with E-state index >= 15 is 0 Å². The topological polar surface area (TPSA) is 21.1 Å². The molecule has 0 saturated carbocycles. The molecule has 0 unspecified atom stereocenters. The zero-order valence-corrected chi connectivity index (χ0v) is 10.7. The average Bonchev–Trinajstić information content (AvgIpc) is 2.73. The molecular weight excluding hydrogens is 222 g/mol. The van der Waals surface area contributed by atoms with Gasteiger partial charge in [-0.2, -0.15) is 0 Å². The van der Waals surface area contributed by atoms with E-state index in [1.807, 2.05) is 12.4 Å². The molecule has 16 heavy (non-hydrogen) atoms. The molecule has 1 aliphatic heterocycles. The largest absolute Gasteiger partial charge is 0.338 e. The summed E-state index contributed by atoms with van der Waals surface area (Å²) in [6.45, 7) is 3.52. The first-order chi connectivity index (χ1) is 7.79. The second-order valence-electron chi connectivity index (χ2n) is 4.64. The summed E-state index contributed by atoms with van der Waals surface area (Å²) in [5, 5.41) is 0. The predicted octanol–water partition coefficient (Wildman–Crippen LogP) is 1.91. The third kappa shape index (κ3) is 2.98.